The summed E-state index contributed by atoms with van der Waals surface area (Å²) < 4.78 is 1.93. The molecule has 1 aliphatic rings. The van der Waals surface area contributed by atoms with Gasteiger partial charge in [-0.3, -0.25) is 14.9 Å². The van der Waals surface area contributed by atoms with Crippen LogP contribution in [0.3, 0.4) is 0 Å². The van der Waals surface area contributed by atoms with Crippen LogP contribution in [0.2, 0.25) is 0 Å². The molecule has 4 rings (SSSR count). The molecule has 3 aromatic rings. The van der Waals surface area contributed by atoms with Crippen molar-refractivity contribution in [3.63, 3.8) is 0 Å². The summed E-state index contributed by atoms with van der Waals surface area (Å²) in [4.78, 5) is 25.1. The molecule has 0 aliphatic carbocycles. The molecule has 3 heterocycles. The highest BCUT2D eigenvalue weighted by atomic mass is 32.2. The fourth-order valence-corrected chi connectivity index (χ4v) is 4.95. The molecule has 1 aliphatic heterocycles. The Labute approximate surface area is 138 Å². The van der Waals surface area contributed by atoms with Crippen molar-refractivity contribution in [1.29, 1.82) is 0 Å². The first-order chi connectivity index (χ1) is 10.6. The molecular formula is C15H8N2O2S3. The molecular weight excluding hydrogens is 336 g/mol. The number of fused-ring (bicyclic) bond motifs is 2. The number of hydrogen-bond donors (Lipinski definition) is 2. The lowest BCUT2D eigenvalue weighted by Gasteiger charge is -1.94. The van der Waals surface area contributed by atoms with E-state index in [9.17, 15) is 9.59 Å². The van der Waals surface area contributed by atoms with E-state index in [4.69, 9.17) is 12.2 Å². The number of benzene rings is 1. The second kappa shape index (κ2) is 4.98. The van der Waals surface area contributed by atoms with Crippen molar-refractivity contribution < 1.29 is 4.79 Å². The number of amides is 1. The maximum absolute atomic E-state index is 12.5. The van der Waals surface area contributed by atoms with Gasteiger partial charge in [-0.2, -0.15) is 0 Å². The first-order valence-electron chi connectivity index (χ1n) is 6.41. The Balaban J connectivity index is 1.91. The molecule has 4 nitrogen and oxygen atoms in total. The van der Waals surface area contributed by atoms with Gasteiger partial charge in [0.25, 0.3) is 5.91 Å². The number of thiophene rings is 1. The first kappa shape index (κ1) is 13.6. The van der Waals surface area contributed by atoms with Gasteiger partial charge in [-0.25, -0.2) is 0 Å². The number of thiocarbonyl (C=S) groups is 1. The summed E-state index contributed by atoms with van der Waals surface area (Å²) in [7, 11) is 0. The van der Waals surface area contributed by atoms with Crippen molar-refractivity contribution in [2.75, 3.05) is 0 Å². The summed E-state index contributed by atoms with van der Waals surface area (Å²) >= 11 is 7.99. The van der Waals surface area contributed by atoms with Crippen molar-refractivity contribution in [3.8, 4) is 0 Å². The van der Waals surface area contributed by atoms with E-state index in [2.05, 4.69) is 10.6 Å². The smallest absolute Gasteiger partial charge is 0.273 e. The lowest BCUT2D eigenvalue weighted by Crippen LogP contribution is -2.21. The van der Waals surface area contributed by atoms with Crippen LogP contribution in [-0.2, 0) is 4.79 Å². The SMILES string of the molecule is O=C1NC(=S)N/C1=C\c1cc2c(=O)c3ccccc3sc2s1. The van der Waals surface area contributed by atoms with Crippen LogP contribution in [0.4, 0.5) is 0 Å². The van der Waals surface area contributed by atoms with Crippen molar-refractivity contribution in [1.82, 2.24) is 10.6 Å². The Morgan fingerprint density at radius 2 is 1.86 bits per heavy atom. The zero-order valence-corrected chi connectivity index (χ0v) is 13.5. The lowest BCUT2D eigenvalue weighted by molar-refractivity contribution is -0.115. The topological polar surface area (TPSA) is 58.2 Å². The number of carbonyl (C=O) groups is 1. The van der Waals surface area contributed by atoms with Gasteiger partial charge in [-0.15, -0.1) is 22.7 Å². The van der Waals surface area contributed by atoms with E-state index in [0.29, 0.717) is 16.2 Å². The molecule has 0 spiro atoms. The molecule has 0 saturated carbocycles. The summed E-state index contributed by atoms with van der Waals surface area (Å²) in [5, 5.41) is 7.05. The van der Waals surface area contributed by atoms with Gasteiger partial charge in [-0.1, -0.05) is 12.1 Å². The summed E-state index contributed by atoms with van der Waals surface area (Å²) in [5.74, 6) is -0.251. The summed E-state index contributed by atoms with van der Waals surface area (Å²) in [6, 6.07) is 9.41. The van der Waals surface area contributed by atoms with E-state index in [1.54, 1.807) is 17.4 Å². The molecule has 1 amide bonds. The Morgan fingerprint density at radius 1 is 1.05 bits per heavy atom. The molecule has 1 saturated heterocycles. The molecule has 0 radical (unpaired) electrons. The van der Waals surface area contributed by atoms with Crippen molar-refractivity contribution in [2.24, 2.45) is 0 Å². The maximum Gasteiger partial charge on any atom is 0.273 e. The third-order valence-corrected chi connectivity index (χ3v) is 5.86. The highest BCUT2D eigenvalue weighted by Gasteiger charge is 2.20. The van der Waals surface area contributed by atoms with E-state index >= 15 is 0 Å². The molecule has 7 heteroatoms. The largest absolute Gasteiger partial charge is 0.328 e. The van der Waals surface area contributed by atoms with E-state index in [1.807, 2.05) is 30.3 Å². The molecule has 1 fully saturated rings. The van der Waals surface area contributed by atoms with Crippen LogP contribution >= 0.6 is 34.9 Å². The average Bonchev–Trinajstić information content (AvgIpc) is 3.03. The standard InChI is InChI=1S/C15H8N2O2S3/c18-12-8-3-1-2-4-11(8)22-14-9(12)5-7(21-14)6-10-13(19)17-15(20)16-10/h1-6H,(H2,16,17,19,20)/b10-6-. The van der Waals surface area contributed by atoms with Crippen LogP contribution in [0.5, 0.6) is 0 Å². The van der Waals surface area contributed by atoms with E-state index in [-0.39, 0.29) is 11.3 Å². The molecule has 0 bridgehead atoms. The zero-order valence-electron chi connectivity index (χ0n) is 11.0. The van der Waals surface area contributed by atoms with Crippen LogP contribution in [0.25, 0.3) is 25.6 Å². The van der Waals surface area contributed by atoms with Gasteiger partial charge in [0, 0.05) is 15.0 Å². The molecule has 22 heavy (non-hydrogen) atoms. The summed E-state index contributed by atoms with van der Waals surface area (Å²) in [6.07, 6.45) is 1.72. The fourth-order valence-electron chi connectivity index (χ4n) is 2.31. The average molecular weight is 344 g/mol. The second-order valence-electron chi connectivity index (χ2n) is 4.74. The monoisotopic (exact) mass is 344 g/mol. The minimum atomic E-state index is -0.251. The van der Waals surface area contributed by atoms with Crippen LogP contribution in [-0.4, -0.2) is 11.0 Å². The fraction of sp³-hybridized carbons (Fsp3) is 0. The minimum Gasteiger partial charge on any atom is -0.328 e. The molecule has 0 unspecified atom stereocenters. The van der Waals surface area contributed by atoms with Crippen LogP contribution in [0.1, 0.15) is 4.88 Å². The van der Waals surface area contributed by atoms with Crippen molar-refractivity contribution in [2.45, 2.75) is 0 Å². The third-order valence-electron chi connectivity index (χ3n) is 3.30. The number of hydrogen-bond acceptors (Lipinski definition) is 5. The molecule has 2 N–H and O–H groups in total. The normalized spacial score (nSPS) is 16.5. The quantitative estimate of drug-likeness (QED) is 0.526. The second-order valence-corrected chi connectivity index (χ2v) is 7.55. The molecule has 0 atom stereocenters. The van der Waals surface area contributed by atoms with Crippen LogP contribution < -0.4 is 16.1 Å². The van der Waals surface area contributed by atoms with E-state index in [0.717, 1.165) is 19.0 Å². The molecule has 108 valence electrons. The van der Waals surface area contributed by atoms with Gasteiger partial charge in [0.15, 0.2) is 10.5 Å². The van der Waals surface area contributed by atoms with Gasteiger partial charge in [0.2, 0.25) is 0 Å². The minimum absolute atomic E-state index is 0.0320. The van der Waals surface area contributed by atoms with Gasteiger partial charge in [-0.05, 0) is 36.5 Å². The van der Waals surface area contributed by atoms with Crippen LogP contribution in [0, 0.1) is 0 Å². The van der Waals surface area contributed by atoms with Crippen molar-refractivity contribution >= 4 is 71.5 Å². The third kappa shape index (κ3) is 2.14. The zero-order chi connectivity index (χ0) is 15.3. The predicted molar refractivity (Wildman–Crippen MR) is 95.3 cm³/mol. The molecule has 1 aromatic carbocycles. The maximum atomic E-state index is 12.5. The Morgan fingerprint density at radius 3 is 2.64 bits per heavy atom. The highest BCUT2D eigenvalue weighted by Crippen LogP contribution is 2.32. The highest BCUT2D eigenvalue weighted by molar-refractivity contribution is 7.80. The number of rotatable bonds is 1. The number of nitrogens with one attached hydrogen (secondary N) is 2. The first-order valence-corrected chi connectivity index (χ1v) is 8.45. The van der Waals surface area contributed by atoms with Gasteiger partial charge in [0.1, 0.15) is 5.70 Å². The van der Waals surface area contributed by atoms with Crippen molar-refractivity contribution in [3.05, 3.63) is 51.1 Å². The Bertz CT molecular complexity index is 1050. The van der Waals surface area contributed by atoms with E-state index < -0.39 is 0 Å². The Hall–Kier alpha value is -2.09. The summed E-state index contributed by atoms with van der Waals surface area (Å²) in [6.45, 7) is 0. The van der Waals surface area contributed by atoms with Crippen LogP contribution in [0.15, 0.2) is 40.8 Å². The Kier molecular flexibility index (Phi) is 3.07. The van der Waals surface area contributed by atoms with Gasteiger partial charge < -0.3 is 5.32 Å². The predicted octanol–water partition coefficient (Wildman–Crippen LogP) is 2.82. The van der Waals surface area contributed by atoms with E-state index in [1.165, 1.54) is 11.3 Å². The lowest BCUT2D eigenvalue weighted by atomic mass is 10.2. The van der Waals surface area contributed by atoms with Gasteiger partial charge >= 0.3 is 0 Å². The van der Waals surface area contributed by atoms with Gasteiger partial charge in [0.05, 0.1) is 9.40 Å². The number of carbonyl (C=O) groups excluding carboxylic acids is 1. The summed E-state index contributed by atoms with van der Waals surface area (Å²) in [5.41, 5.74) is 0.433. The molecule has 2 aromatic heterocycles.